The van der Waals surface area contributed by atoms with Gasteiger partial charge in [-0.1, -0.05) is 29.8 Å². The highest BCUT2D eigenvalue weighted by Crippen LogP contribution is 2.26. The number of hydrogen-bond donors (Lipinski definition) is 0. The van der Waals surface area contributed by atoms with Crippen LogP contribution in [0.25, 0.3) is 0 Å². The molecule has 0 unspecified atom stereocenters. The molecule has 0 heterocycles. The van der Waals surface area contributed by atoms with Crippen LogP contribution in [0.2, 0.25) is 0 Å². The van der Waals surface area contributed by atoms with Gasteiger partial charge in [-0.3, -0.25) is 4.79 Å². The molecule has 0 saturated heterocycles. The molecule has 2 nitrogen and oxygen atoms in total. The van der Waals surface area contributed by atoms with E-state index in [2.05, 4.69) is 15.9 Å². The summed E-state index contributed by atoms with van der Waals surface area (Å²) in [6.07, 6.45) is 0.417. The summed E-state index contributed by atoms with van der Waals surface area (Å²) in [5, 5.41) is 0. The first-order valence-electron chi connectivity index (χ1n) is 6.02. The summed E-state index contributed by atoms with van der Waals surface area (Å²) < 4.78 is 5.95. The Morgan fingerprint density at radius 3 is 2.63 bits per heavy atom. The van der Waals surface area contributed by atoms with Gasteiger partial charge in [-0.15, -0.1) is 0 Å². The lowest BCUT2D eigenvalue weighted by Crippen LogP contribution is -2.04. The van der Waals surface area contributed by atoms with E-state index >= 15 is 0 Å². The SMILES string of the molecule is COc1ccc(C(=O)Cc2cccc(C)c2)cc1Br. The fourth-order valence-electron chi connectivity index (χ4n) is 1.95. The molecule has 0 aliphatic heterocycles. The highest BCUT2D eigenvalue weighted by Gasteiger charge is 2.09. The number of aryl methyl sites for hydroxylation is 1. The van der Waals surface area contributed by atoms with Crippen molar-refractivity contribution < 1.29 is 9.53 Å². The fraction of sp³-hybridized carbons (Fsp3) is 0.188. The molecule has 0 saturated carbocycles. The highest BCUT2D eigenvalue weighted by molar-refractivity contribution is 9.10. The first-order chi connectivity index (χ1) is 9.10. The van der Waals surface area contributed by atoms with Gasteiger partial charge in [-0.2, -0.15) is 0 Å². The number of rotatable bonds is 4. The standard InChI is InChI=1S/C16H15BrO2/c1-11-4-3-5-12(8-11)9-15(18)13-6-7-16(19-2)14(17)10-13/h3-8,10H,9H2,1-2H3. The average Bonchev–Trinajstić information content (AvgIpc) is 2.38. The van der Waals surface area contributed by atoms with E-state index in [4.69, 9.17) is 4.74 Å². The molecule has 0 amide bonds. The van der Waals surface area contributed by atoms with E-state index in [1.54, 1.807) is 25.3 Å². The Hall–Kier alpha value is -1.61. The van der Waals surface area contributed by atoms with Crippen LogP contribution in [-0.2, 0) is 6.42 Å². The maximum atomic E-state index is 12.2. The molecule has 0 atom stereocenters. The van der Waals surface area contributed by atoms with Crippen LogP contribution in [0, 0.1) is 6.92 Å². The summed E-state index contributed by atoms with van der Waals surface area (Å²) in [7, 11) is 1.61. The van der Waals surface area contributed by atoms with Crippen molar-refractivity contribution in [3.8, 4) is 5.75 Å². The molecule has 0 aliphatic rings. The van der Waals surface area contributed by atoms with Crippen molar-refractivity contribution in [2.24, 2.45) is 0 Å². The van der Waals surface area contributed by atoms with Crippen LogP contribution in [0.15, 0.2) is 46.9 Å². The molecule has 19 heavy (non-hydrogen) atoms. The third-order valence-electron chi connectivity index (χ3n) is 2.92. The van der Waals surface area contributed by atoms with Crippen LogP contribution in [-0.4, -0.2) is 12.9 Å². The van der Waals surface area contributed by atoms with E-state index in [0.717, 1.165) is 15.8 Å². The maximum absolute atomic E-state index is 12.2. The molecular formula is C16H15BrO2. The normalized spacial score (nSPS) is 10.3. The van der Waals surface area contributed by atoms with Crippen LogP contribution in [0.1, 0.15) is 21.5 Å². The molecule has 0 fully saturated rings. The number of benzene rings is 2. The van der Waals surface area contributed by atoms with Gasteiger partial charge in [0.25, 0.3) is 0 Å². The zero-order valence-electron chi connectivity index (χ0n) is 10.9. The zero-order chi connectivity index (χ0) is 13.8. The van der Waals surface area contributed by atoms with Crippen molar-refractivity contribution in [2.75, 3.05) is 7.11 Å². The van der Waals surface area contributed by atoms with Crippen LogP contribution >= 0.6 is 15.9 Å². The predicted molar refractivity (Wildman–Crippen MR) is 79.9 cm³/mol. The zero-order valence-corrected chi connectivity index (χ0v) is 12.5. The molecule has 0 radical (unpaired) electrons. The molecule has 2 aromatic rings. The van der Waals surface area contributed by atoms with Gasteiger partial charge in [0.2, 0.25) is 0 Å². The molecule has 3 heteroatoms. The molecular weight excluding hydrogens is 304 g/mol. The lowest BCUT2D eigenvalue weighted by Gasteiger charge is -2.06. The van der Waals surface area contributed by atoms with Gasteiger partial charge in [-0.25, -0.2) is 0 Å². The summed E-state index contributed by atoms with van der Waals surface area (Å²) in [6, 6.07) is 13.4. The van der Waals surface area contributed by atoms with Crippen LogP contribution in [0.4, 0.5) is 0 Å². The molecule has 2 rings (SSSR count). The Bertz CT molecular complexity index is 605. The molecule has 0 aliphatic carbocycles. The number of methoxy groups -OCH3 is 1. The van der Waals surface area contributed by atoms with E-state index in [9.17, 15) is 4.79 Å². The number of carbonyl (C=O) groups excluding carboxylic acids is 1. The summed E-state index contributed by atoms with van der Waals surface area (Å²) in [4.78, 5) is 12.2. The summed E-state index contributed by atoms with van der Waals surface area (Å²) >= 11 is 3.40. The number of carbonyl (C=O) groups is 1. The van der Waals surface area contributed by atoms with E-state index in [-0.39, 0.29) is 5.78 Å². The van der Waals surface area contributed by atoms with Gasteiger partial charge in [0.15, 0.2) is 5.78 Å². The smallest absolute Gasteiger partial charge is 0.167 e. The Labute approximate surface area is 121 Å². The van der Waals surface area contributed by atoms with E-state index in [1.165, 1.54) is 5.56 Å². The van der Waals surface area contributed by atoms with E-state index in [1.807, 2.05) is 31.2 Å². The summed E-state index contributed by atoms with van der Waals surface area (Å²) in [5.74, 6) is 0.834. The summed E-state index contributed by atoms with van der Waals surface area (Å²) in [6.45, 7) is 2.03. The van der Waals surface area contributed by atoms with Gasteiger partial charge in [0.05, 0.1) is 11.6 Å². The van der Waals surface area contributed by atoms with Gasteiger partial charge in [0, 0.05) is 12.0 Å². The monoisotopic (exact) mass is 318 g/mol. The van der Waals surface area contributed by atoms with Crippen molar-refractivity contribution >= 4 is 21.7 Å². The van der Waals surface area contributed by atoms with Crippen LogP contribution in [0.5, 0.6) is 5.75 Å². The van der Waals surface area contributed by atoms with Gasteiger partial charge >= 0.3 is 0 Å². The molecule has 98 valence electrons. The molecule has 2 aromatic carbocycles. The van der Waals surface area contributed by atoms with Gasteiger partial charge < -0.3 is 4.74 Å². The number of ether oxygens (including phenoxy) is 1. The molecule has 0 bridgehead atoms. The third-order valence-corrected chi connectivity index (χ3v) is 3.54. The number of halogens is 1. The minimum absolute atomic E-state index is 0.106. The second kappa shape index (κ2) is 6.02. The lowest BCUT2D eigenvalue weighted by atomic mass is 10.0. The minimum atomic E-state index is 0.106. The van der Waals surface area contributed by atoms with E-state index in [0.29, 0.717) is 12.0 Å². The number of hydrogen-bond acceptors (Lipinski definition) is 2. The second-order valence-corrected chi connectivity index (χ2v) is 5.29. The van der Waals surface area contributed by atoms with Gasteiger partial charge in [-0.05, 0) is 46.6 Å². The van der Waals surface area contributed by atoms with Crippen LogP contribution in [0.3, 0.4) is 0 Å². The quantitative estimate of drug-likeness (QED) is 0.790. The van der Waals surface area contributed by atoms with E-state index < -0.39 is 0 Å². The Kier molecular flexibility index (Phi) is 4.38. The third kappa shape index (κ3) is 3.44. The molecule has 0 aromatic heterocycles. The summed E-state index contributed by atoms with van der Waals surface area (Å²) in [5.41, 5.74) is 2.90. The van der Waals surface area contributed by atoms with Crippen molar-refractivity contribution in [2.45, 2.75) is 13.3 Å². The highest BCUT2D eigenvalue weighted by atomic mass is 79.9. The Morgan fingerprint density at radius 2 is 2.00 bits per heavy atom. The first-order valence-corrected chi connectivity index (χ1v) is 6.81. The Balaban J connectivity index is 2.18. The second-order valence-electron chi connectivity index (χ2n) is 4.44. The van der Waals surface area contributed by atoms with Crippen LogP contribution < -0.4 is 4.74 Å². The van der Waals surface area contributed by atoms with Crippen molar-refractivity contribution in [3.63, 3.8) is 0 Å². The first kappa shape index (κ1) is 13.8. The Morgan fingerprint density at radius 1 is 1.21 bits per heavy atom. The number of Topliss-reactive ketones (excluding diaryl/α,β-unsaturated/α-hetero) is 1. The maximum Gasteiger partial charge on any atom is 0.167 e. The van der Waals surface area contributed by atoms with Crippen molar-refractivity contribution in [1.29, 1.82) is 0 Å². The fourth-order valence-corrected chi connectivity index (χ4v) is 2.49. The van der Waals surface area contributed by atoms with Crippen molar-refractivity contribution in [3.05, 3.63) is 63.6 Å². The predicted octanol–water partition coefficient (Wildman–Crippen LogP) is 4.19. The largest absolute Gasteiger partial charge is 0.496 e. The lowest BCUT2D eigenvalue weighted by molar-refractivity contribution is 0.0993. The average molecular weight is 319 g/mol. The van der Waals surface area contributed by atoms with Crippen molar-refractivity contribution in [1.82, 2.24) is 0 Å². The number of ketones is 1. The molecule has 0 spiro atoms. The topological polar surface area (TPSA) is 26.3 Å². The minimum Gasteiger partial charge on any atom is -0.496 e. The van der Waals surface area contributed by atoms with Gasteiger partial charge in [0.1, 0.15) is 5.75 Å². The molecule has 0 N–H and O–H groups in total.